The first-order valence-corrected chi connectivity index (χ1v) is 5.32. The zero-order chi connectivity index (χ0) is 12.5. The maximum atomic E-state index is 13.6. The molecular formula is C11H17FN2O3. The summed E-state index contributed by atoms with van der Waals surface area (Å²) in [6.45, 7) is 1.72. The van der Waals surface area contributed by atoms with Crippen LogP contribution in [-0.2, 0) is 16.0 Å². The van der Waals surface area contributed by atoms with Gasteiger partial charge in [0.25, 0.3) is 5.88 Å². The van der Waals surface area contributed by atoms with Gasteiger partial charge in [-0.15, -0.1) is 0 Å². The maximum absolute atomic E-state index is 13.6. The molecule has 96 valence electrons. The van der Waals surface area contributed by atoms with Crippen LogP contribution in [0.5, 0.6) is 5.88 Å². The number of ether oxygens (including phenoxy) is 3. The van der Waals surface area contributed by atoms with Gasteiger partial charge in [0.1, 0.15) is 6.61 Å². The fourth-order valence-electron chi connectivity index (χ4n) is 1.16. The molecule has 0 unspecified atom stereocenters. The molecular weight excluding hydrogens is 227 g/mol. The van der Waals surface area contributed by atoms with Crippen LogP contribution in [0.3, 0.4) is 0 Å². The van der Waals surface area contributed by atoms with E-state index in [0.717, 1.165) is 0 Å². The average Bonchev–Trinajstić information content (AvgIpc) is 2.35. The van der Waals surface area contributed by atoms with Gasteiger partial charge in [0.05, 0.1) is 19.8 Å². The molecule has 0 radical (unpaired) electrons. The Balaban J connectivity index is 2.31. The topological polar surface area (TPSA) is 66.6 Å². The summed E-state index contributed by atoms with van der Waals surface area (Å²) in [5, 5.41) is 0. The Morgan fingerprint density at radius 2 is 2.06 bits per heavy atom. The predicted octanol–water partition coefficient (Wildman–Crippen LogP) is 0.721. The molecule has 17 heavy (non-hydrogen) atoms. The fourth-order valence-corrected chi connectivity index (χ4v) is 1.16. The quantitative estimate of drug-likeness (QED) is 0.682. The number of rotatable bonds is 8. The van der Waals surface area contributed by atoms with Gasteiger partial charge in [0.2, 0.25) is 0 Å². The molecule has 1 rings (SSSR count). The van der Waals surface area contributed by atoms with Gasteiger partial charge in [-0.05, 0) is 6.07 Å². The molecule has 0 aromatic carbocycles. The van der Waals surface area contributed by atoms with Crippen LogP contribution in [-0.4, -0.2) is 38.5 Å². The number of hydrogen-bond acceptors (Lipinski definition) is 5. The van der Waals surface area contributed by atoms with Crippen molar-refractivity contribution in [3.05, 3.63) is 23.6 Å². The molecule has 6 heteroatoms. The Kier molecular flexibility index (Phi) is 6.46. The molecule has 0 atom stereocenters. The Morgan fingerprint density at radius 3 is 2.76 bits per heavy atom. The van der Waals surface area contributed by atoms with Gasteiger partial charge in [-0.25, -0.2) is 9.37 Å². The standard InChI is InChI=1S/C11H17FN2O3/c1-15-4-5-16-6-7-17-11-10(12)9(8-13)2-3-14-11/h2-3H,4-8,13H2,1H3. The van der Waals surface area contributed by atoms with E-state index in [1.165, 1.54) is 12.3 Å². The third-order valence-electron chi connectivity index (χ3n) is 2.06. The highest BCUT2D eigenvalue weighted by molar-refractivity contribution is 5.23. The van der Waals surface area contributed by atoms with Crippen molar-refractivity contribution in [3.8, 4) is 5.88 Å². The van der Waals surface area contributed by atoms with Gasteiger partial charge in [0.15, 0.2) is 5.82 Å². The Morgan fingerprint density at radius 1 is 1.29 bits per heavy atom. The first-order chi connectivity index (χ1) is 8.29. The molecule has 1 aromatic heterocycles. The maximum Gasteiger partial charge on any atom is 0.250 e. The van der Waals surface area contributed by atoms with Crippen LogP contribution in [0.25, 0.3) is 0 Å². The van der Waals surface area contributed by atoms with Crippen molar-refractivity contribution >= 4 is 0 Å². The number of pyridine rings is 1. The Bertz CT molecular complexity index is 336. The van der Waals surface area contributed by atoms with Gasteiger partial charge in [-0.2, -0.15) is 0 Å². The van der Waals surface area contributed by atoms with E-state index < -0.39 is 5.82 Å². The summed E-state index contributed by atoms with van der Waals surface area (Å²) in [5.74, 6) is -0.546. The van der Waals surface area contributed by atoms with E-state index in [2.05, 4.69) is 4.98 Å². The molecule has 0 spiro atoms. The average molecular weight is 244 g/mol. The van der Waals surface area contributed by atoms with Crippen molar-refractivity contribution in [2.75, 3.05) is 33.5 Å². The molecule has 0 bridgehead atoms. The second-order valence-electron chi connectivity index (χ2n) is 3.25. The van der Waals surface area contributed by atoms with Crippen molar-refractivity contribution in [3.63, 3.8) is 0 Å². The molecule has 1 aromatic rings. The summed E-state index contributed by atoms with van der Waals surface area (Å²) in [6.07, 6.45) is 1.46. The molecule has 0 aliphatic carbocycles. The lowest BCUT2D eigenvalue weighted by atomic mass is 10.2. The van der Waals surface area contributed by atoms with Gasteiger partial charge >= 0.3 is 0 Å². The van der Waals surface area contributed by atoms with Crippen molar-refractivity contribution in [2.24, 2.45) is 5.73 Å². The van der Waals surface area contributed by atoms with E-state index in [1.807, 2.05) is 0 Å². The zero-order valence-electron chi connectivity index (χ0n) is 9.82. The van der Waals surface area contributed by atoms with E-state index in [4.69, 9.17) is 19.9 Å². The van der Waals surface area contributed by atoms with Crippen molar-refractivity contribution < 1.29 is 18.6 Å². The first-order valence-electron chi connectivity index (χ1n) is 5.32. The number of methoxy groups -OCH3 is 1. The van der Waals surface area contributed by atoms with E-state index in [-0.39, 0.29) is 19.0 Å². The van der Waals surface area contributed by atoms with Gasteiger partial charge < -0.3 is 19.9 Å². The minimum atomic E-state index is -0.508. The van der Waals surface area contributed by atoms with Crippen LogP contribution in [0.15, 0.2) is 12.3 Å². The highest BCUT2D eigenvalue weighted by atomic mass is 19.1. The van der Waals surface area contributed by atoms with Crippen molar-refractivity contribution in [2.45, 2.75) is 6.54 Å². The zero-order valence-corrected chi connectivity index (χ0v) is 9.82. The predicted molar refractivity (Wildman–Crippen MR) is 60.3 cm³/mol. The summed E-state index contributed by atoms with van der Waals surface area (Å²) >= 11 is 0. The number of halogens is 1. The molecule has 0 fully saturated rings. The SMILES string of the molecule is COCCOCCOc1nccc(CN)c1F. The van der Waals surface area contributed by atoms with Crippen molar-refractivity contribution in [1.29, 1.82) is 0 Å². The van der Waals surface area contributed by atoms with E-state index in [9.17, 15) is 4.39 Å². The monoisotopic (exact) mass is 244 g/mol. The van der Waals surface area contributed by atoms with Crippen LogP contribution in [0.1, 0.15) is 5.56 Å². The molecule has 5 nitrogen and oxygen atoms in total. The number of nitrogens with two attached hydrogens (primary N) is 1. The summed E-state index contributed by atoms with van der Waals surface area (Å²) in [5.41, 5.74) is 5.75. The van der Waals surface area contributed by atoms with E-state index >= 15 is 0 Å². The molecule has 0 amide bonds. The summed E-state index contributed by atoms with van der Waals surface area (Å²) in [7, 11) is 1.59. The Labute approximate surface area is 99.7 Å². The van der Waals surface area contributed by atoms with Crippen LogP contribution in [0, 0.1) is 5.82 Å². The number of aromatic nitrogens is 1. The first kappa shape index (κ1) is 13.8. The van der Waals surface area contributed by atoms with Crippen LogP contribution >= 0.6 is 0 Å². The smallest absolute Gasteiger partial charge is 0.250 e. The van der Waals surface area contributed by atoms with E-state index in [0.29, 0.717) is 25.4 Å². The number of nitrogens with zero attached hydrogens (tertiary/aromatic N) is 1. The van der Waals surface area contributed by atoms with Crippen LogP contribution < -0.4 is 10.5 Å². The number of hydrogen-bond donors (Lipinski definition) is 1. The molecule has 0 saturated heterocycles. The third-order valence-corrected chi connectivity index (χ3v) is 2.06. The van der Waals surface area contributed by atoms with Crippen LogP contribution in [0.2, 0.25) is 0 Å². The summed E-state index contributed by atoms with van der Waals surface area (Å²) in [6, 6.07) is 1.53. The molecule has 0 aliphatic rings. The lowest BCUT2D eigenvalue weighted by Gasteiger charge is -2.08. The molecule has 1 heterocycles. The highest BCUT2D eigenvalue weighted by Gasteiger charge is 2.09. The van der Waals surface area contributed by atoms with Gasteiger partial charge in [-0.1, -0.05) is 0 Å². The molecule has 0 saturated carbocycles. The minimum absolute atomic E-state index is 0.0386. The molecule has 0 aliphatic heterocycles. The third kappa shape index (κ3) is 4.64. The normalized spacial score (nSPS) is 10.5. The highest BCUT2D eigenvalue weighted by Crippen LogP contribution is 2.16. The largest absolute Gasteiger partial charge is 0.473 e. The van der Waals surface area contributed by atoms with Crippen molar-refractivity contribution in [1.82, 2.24) is 4.98 Å². The van der Waals surface area contributed by atoms with E-state index in [1.54, 1.807) is 7.11 Å². The van der Waals surface area contributed by atoms with Crippen LogP contribution in [0.4, 0.5) is 4.39 Å². The lowest BCUT2D eigenvalue weighted by Crippen LogP contribution is -2.12. The van der Waals surface area contributed by atoms with Gasteiger partial charge in [0, 0.05) is 25.4 Å². The molecule has 2 N–H and O–H groups in total. The second kappa shape index (κ2) is 7.94. The summed E-state index contributed by atoms with van der Waals surface area (Å²) < 4.78 is 28.7. The fraction of sp³-hybridized carbons (Fsp3) is 0.545. The summed E-state index contributed by atoms with van der Waals surface area (Å²) in [4.78, 5) is 3.79. The minimum Gasteiger partial charge on any atom is -0.473 e. The Hall–Kier alpha value is -1.24. The van der Waals surface area contributed by atoms with Gasteiger partial charge in [-0.3, -0.25) is 0 Å². The second-order valence-corrected chi connectivity index (χ2v) is 3.25. The lowest BCUT2D eigenvalue weighted by molar-refractivity contribution is 0.0529.